The molecule has 5 nitrogen and oxygen atoms in total. The lowest BCUT2D eigenvalue weighted by Gasteiger charge is -2.16. The third-order valence-electron chi connectivity index (χ3n) is 3.61. The predicted octanol–water partition coefficient (Wildman–Crippen LogP) is 1.24. The van der Waals surface area contributed by atoms with Crippen molar-refractivity contribution in [2.75, 3.05) is 6.54 Å². The van der Waals surface area contributed by atoms with Gasteiger partial charge in [-0.05, 0) is 37.6 Å². The highest BCUT2D eigenvalue weighted by atomic mass is 35.5. The molecule has 1 atom stereocenters. The van der Waals surface area contributed by atoms with Gasteiger partial charge in [0.1, 0.15) is 0 Å². The highest BCUT2D eigenvalue weighted by Gasteiger charge is 2.21. The van der Waals surface area contributed by atoms with Crippen LogP contribution < -0.4 is 16.6 Å². The second-order valence-electron chi connectivity index (χ2n) is 4.79. The van der Waals surface area contributed by atoms with Crippen LogP contribution in [-0.4, -0.2) is 15.7 Å². The Morgan fingerprint density at radius 2 is 2.16 bits per heavy atom. The molecule has 0 bridgehead atoms. The van der Waals surface area contributed by atoms with Crippen LogP contribution >= 0.6 is 11.6 Å². The molecule has 1 N–H and O–H groups in total. The second-order valence-corrected chi connectivity index (χ2v) is 5.23. The summed E-state index contributed by atoms with van der Waals surface area (Å²) >= 11 is 5.93. The number of benzene rings is 1. The Hall–Kier alpha value is -1.59. The molecule has 100 valence electrons. The maximum atomic E-state index is 12.5. The van der Waals surface area contributed by atoms with Gasteiger partial charge in [0.2, 0.25) is 0 Å². The van der Waals surface area contributed by atoms with Gasteiger partial charge in [-0.2, -0.15) is 0 Å². The fraction of sp³-hybridized carbons (Fsp3) is 0.385. The quantitative estimate of drug-likeness (QED) is 0.854. The Bertz CT molecular complexity index is 757. The molecule has 19 heavy (non-hydrogen) atoms. The minimum atomic E-state index is -0.306. The molecular formula is C13H14ClN3O2. The summed E-state index contributed by atoms with van der Waals surface area (Å²) in [6.07, 6.45) is 1.57. The van der Waals surface area contributed by atoms with Crippen LogP contribution in [-0.2, 0) is 7.05 Å². The van der Waals surface area contributed by atoms with Gasteiger partial charge in [0.15, 0.2) is 0 Å². The van der Waals surface area contributed by atoms with E-state index in [1.807, 2.05) is 0 Å². The van der Waals surface area contributed by atoms with E-state index in [1.54, 1.807) is 25.2 Å². The van der Waals surface area contributed by atoms with Crippen molar-refractivity contribution < 1.29 is 0 Å². The van der Waals surface area contributed by atoms with Crippen molar-refractivity contribution in [3.05, 3.63) is 44.1 Å². The van der Waals surface area contributed by atoms with Crippen LogP contribution in [0.3, 0.4) is 0 Å². The zero-order valence-corrected chi connectivity index (χ0v) is 11.3. The predicted molar refractivity (Wildman–Crippen MR) is 74.7 cm³/mol. The maximum Gasteiger partial charge on any atom is 0.332 e. The molecule has 0 aliphatic carbocycles. The summed E-state index contributed by atoms with van der Waals surface area (Å²) in [6.45, 7) is 0.832. The third-order valence-corrected chi connectivity index (χ3v) is 3.84. The smallest absolute Gasteiger partial charge is 0.297 e. The van der Waals surface area contributed by atoms with Crippen LogP contribution in [0.1, 0.15) is 19.0 Å². The number of halogens is 1. The lowest BCUT2D eigenvalue weighted by molar-refractivity contribution is 0.430. The molecule has 0 saturated carbocycles. The van der Waals surface area contributed by atoms with Crippen LogP contribution in [0.25, 0.3) is 10.9 Å². The summed E-state index contributed by atoms with van der Waals surface area (Å²) in [5, 5.41) is 4.21. The molecule has 0 radical (unpaired) electrons. The van der Waals surface area contributed by atoms with Crippen LogP contribution in [0, 0.1) is 0 Å². The average molecular weight is 280 g/mol. The monoisotopic (exact) mass is 279 g/mol. The van der Waals surface area contributed by atoms with Crippen LogP contribution in [0.5, 0.6) is 0 Å². The molecule has 1 aliphatic rings. The molecular weight excluding hydrogens is 266 g/mol. The van der Waals surface area contributed by atoms with Crippen molar-refractivity contribution in [1.82, 2.24) is 14.5 Å². The standard InChI is InChI=1S/C13H14ClN3O2/c1-16-10-7-8(14)4-5-9(10)12(18)17(13(16)19)11-3-2-6-15-11/h4-5,7,11,15H,2-3,6H2,1H3. The lowest BCUT2D eigenvalue weighted by Crippen LogP contribution is -2.44. The zero-order valence-electron chi connectivity index (χ0n) is 10.5. The van der Waals surface area contributed by atoms with E-state index >= 15 is 0 Å². The Kier molecular flexibility index (Phi) is 2.95. The Labute approximate surface area is 114 Å². The Balaban J connectivity index is 2.38. The van der Waals surface area contributed by atoms with Crippen molar-refractivity contribution in [2.24, 2.45) is 7.05 Å². The first-order valence-corrected chi connectivity index (χ1v) is 6.61. The fourth-order valence-electron chi connectivity index (χ4n) is 2.61. The van der Waals surface area contributed by atoms with Gasteiger partial charge in [-0.3, -0.25) is 14.7 Å². The van der Waals surface area contributed by atoms with E-state index < -0.39 is 0 Å². The number of rotatable bonds is 1. The summed E-state index contributed by atoms with van der Waals surface area (Å²) < 4.78 is 2.78. The molecule has 2 heterocycles. The Morgan fingerprint density at radius 3 is 2.84 bits per heavy atom. The van der Waals surface area contributed by atoms with Crippen LogP contribution in [0.2, 0.25) is 5.02 Å². The van der Waals surface area contributed by atoms with Crippen LogP contribution in [0.4, 0.5) is 0 Å². The molecule has 3 rings (SSSR count). The SMILES string of the molecule is Cn1c(=O)n(C2CCCN2)c(=O)c2ccc(Cl)cc21. The zero-order chi connectivity index (χ0) is 13.6. The maximum absolute atomic E-state index is 12.5. The number of fused-ring (bicyclic) bond motifs is 1. The van der Waals surface area contributed by atoms with Gasteiger partial charge in [-0.15, -0.1) is 0 Å². The first-order valence-electron chi connectivity index (χ1n) is 6.24. The molecule has 2 aromatic rings. The third kappa shape index (κ3) is 1.89. The molecule has 1 unspecified atom stereocenters. The van der Waals surface area contributed by atoms with Crippen molar-refractivity contribution in [2.45, 2.75) is 19.0 Å². The van der Waals surface area contributed by atoms with Gasteiger partial charge < -0.3 is 0 Å². The summed E-state index contributed by atoms with van der Waals surface area (Å²) in [5.41, 5.74) is 0.00470. The van der Waals surface area contributed by atoms with Gasteiger partial charge in [-0.1, -0.05) is 11.6 Å². The summed E-state index contributed by atoms with van der Waals surface area (Å²) in [7, 11) is 1.66. The molecule has 1 saturated heterocycles. The lowest BCUT2D eigenvalue weighted by atomic mass is 10.2. The highest BCUT2D eigenvalue weighted by Crippen LogP contribution is 2.17. The normalized spacial score (nSPS) is 19.2. The molecule has 1 aliphatic heterocycles. The number of nitrogens with one attached hydrogen (secondary N) is 1. The highest BCUT2D eigenvalue weighted by molar-refractivity contribution is 6.31. The average Bonchev–Trinajstić information content (AvgIpc) is 2.90. The number of hydrogen-bond acceptors (Lipinski definition) is 3. The summed E-state index contributed by atoms with van der Waals surface area (Å²) in [5.74, 6) is 0. The summed E-state index contributed by atoms with van der Waals surface area (Å²) in [4.78, 5) is 24.8. The first kappa shape index (κ1) is 12.4. The van der Waals surface area contributed by atoms with E-state index in [4.69, 9.17) is 11.6 Å². The van der Waals surface area contributed by atoms with Crippen molar-refractivity contribution in [1.29, 1.82) is 0 Å². The van der Waals surface area contributed by atoms with Gasteiger partial charge >= 0.3 is 5.69 Å². The van der Waals surface area contributed by atoms with E-state index in [1.165, 1.54) is 9.13 Å². The topological polar surface area (TPSA) is 56.0 Å². The van der Waals surface area contributed by atoms with E-state index in [9.17, 15) is 9.59 Å². The molecule has 1 aromatic carbocycles. The molecule has 0 amide bonds. The van der Waals surface area contributed by atoms with Crippen molar-refractivity contribution in [3.63, 3.8) is 0 Å². The fourth-order valence-corrected chi connectivity index (χ4v) is 2.77. The van der Waals surface area contributed by atoms with Gasteiger partial charge in [0, 0.05) is 12.1 Å². The molecule has 6 heteroatoms. The minimum absolute atomic E-state index is 0.203. The summed E-state index contributed by atoms with van der Waals surface area (Å²) in [6, 6.07) is 4.99. The van der Waals surface area contributed by atoms with E-state index in [0.29, 0.717) is 15.9 Å². The largest absolute Gasteiger partial charge is 0.332 e. The molecule has 1 fully saturated rings. The van der Waals surface area contributed by atoms with Gasteiger partial charge in [-0.25, -0.2) is 9.36 Å². The number of aryl methyl sites for hydroxylation is 1. The second kappa shape index (κ2) is 4.51. The van der Waals surface area contributed by atoms with Gasteiger partial charge in [0.25, 0.3) is 5.56 Å². The van der Waals surface area contributed by atoms with Gasteiger partial charge in [0.05, 0.1) is 17.1 Å². The Morgan fingerprint density at radius 1 is 1.37 bits per heavy atom. The molecule has 1 aromatic heterocycles. The van der Waals surface area contributed by atoms with Crippen molar-refractivity contribution in [3.8, 4) is 0 Å². The first-order chi connectivity index (χ1) is 9.09. The molecule has 0 spiro atoms. The number of hydrogen-bond donors (Lipinski definition) is 1. The number of aromatic nitrogens is 2. The van der Waals surface area contributed by atoms with E-state index in [2.05, 4.69) is 5.32 Å². The number of nitrogens with zero attached hydrogens (tertiary/aromatic N) is 2. The minimum Gasteiger partial charge on any atom is -0.297 e. The van der Waals surface area contributed by atoms with Crippen LogP contribution in [0.15, 0.2) is 27.8 Å². The van der Waals surface area contributed by atoms with E-state index in [-0.39, 0.29) is 17.4 Å². The van der Waals surface area contributed by atoms with Crippen molar-refractivity contribution >= 4 is 22.5 Å². The van der Waals surface area contributed by atoms with E-state index in [0.717, 1.165) is 19.4 Å².